The molecule has 0 fully saturated rings. The molecular formula is C11H14N2O2. The van der Waals surface area contributed by atoms with Crippen LogP contribution in [0.2, 0.25) is 0 Å². The quantitative estimate of drug-likeness (QED) is 0.560. The minimum Gasteiger partial charge on any atom is -0.478 e. The van der Waals surface area contributed by atoms with Crippen LogP contribution in [0.3, 0.4) is 0 Å². The Kier molecular flexibility index (Phi) is 4.50. The molecule has 1 heterocycles. The first-order chi connectivity index (χ1) is 7.20. The Hall–Kier alpha value is -1.68. The molecule has 0 bridgehead atoms. The summed E-state index contributed by atoms with van der Waals surface area (Å²) >= 11 is 0. The van der Waals surface area contributed by atoms with Crippen LogP contribution in [-0.4, -0.2) is 22.6 Å². The lowest BCUT2D eigenvalue weighted by Crippen LogP contribution is -2.14. The van der Waals surface area contributed by atoms with Gasteiger partial charge in [-0.15, -0.1) is 0 Å². The molecule has 15 heavy (non-hydrogen) atoms. The zero-order valence-electron chi connectivity index (χ0n) is 8.60. The second-order valence-corrected chi connectivity index (χ2v) is 3.17. The van der Waals surface area contributed by atoms with Crippen molar-refractivity contribution >= 4 is 5.97 Å². The maximum absolute atomic E-state index is 10.2. The Balaban J connectivity index is 2.32. The Morgan fingerprint density at radius 1 is 1.67 bits per heavy atom. The molecule has 0 aliphatic heterocycles. The molecule has 0 aliphatic carbocycles. The van der Waals surface area contributed by atoms with Crippen LogP contribution in [0.4, 0.5) is 0 Å². The summed E-state index contributed by atoms with van der Waals surface area (Å²) in [6.07, 6.45) is 6.27. The average Bonchev–Trinajstić information content (AvgIpc) is 2.20. The van der Waals surface area contributed by atoms with Crippen molar-refractivity contribution in [2.24, 2.45) is 0 Å². The fourth-order valence-electron chi connectivity index (χ4n) is 1.13. The van der Waals surface area contributed by atoms with E-state index in [1.165, 1.54) is 5.56 Å². The number of hydrogen-bond donors (Lipinski definition) is 2. The van der Waals surface area contributed by atoms with Crippen molar-refractivity contribution in [2.75, 3.05) is 6.54 Å². The van der Waals surface area contributed by atoms with Crippen LogP contribution in [0.25, 0.3) is 0 Å². The number of rotatable bonds is 5. The van der Waals surface area contributed by atoms with Gasteiger partial charge in [0.25, 0.3) is 0 Å². The van der Waals surface area contributed by atoms with Crippen LogP contribution in [0.5, 0.6) is 0 Å². The number of carbonyl (C=O) groups is 1. The number of carboxylic acids is 1. The minimum absolute atomic E-state index is 0.542. The summed E-state index contributed by atoms with van der Waals surface area (Å²) in [5, 5.41) is 11.5. The highest BCUT2D eigenvalue weighted by molar-refractivity contribution is 5.79. The van der Waals surface area contributed by atoms with E-state index in [4.69, 9.17) is 5.11 Å². The topological polar surface area (TPSA) is 62.2 Å². The summed E-state index contributed by atoms with van der Waals surface area (Å²) in [5.41, 5.74) is 2.31. The highest BCUT2D eigenvalue weighted by Gasteiger charge is 1.95. The van der Waals surface area contributed by atoms with Crippen LogP contribution >= 0.6 is 0 Å². The molecule has 0 spiro atoms. The second kappa shape index (κ2) is 5.93. The molecule has 0 aromatic carbocycles. The normalized spacial score (nSPS) is 10.7. The number of nitrogens with zero attached hydrogens (tertiary/aromatic N) is 1. The summed E-state index contributed by atoms with van der Waals surface area (Å²) in [6, 6.07) is 1.95. The van der Waals surface area contributed by atoms with E-state index in [2.05, 4.69) is 10.3 Å². The van der Waals surface area contributed by atoms with Crippen molar-refractivity contribution in [1.82, 2.24) is 10.3 Å². The standard InChI is InChI=1S/C11H14N2O2/c1-9-4-6-13-8-10(9)7-12-5-2-3-11(14)15/h2-4,6,8,12H,5,7H2,1H3,(H,14,15)/b3-2+. The predicted molar refractivity (Wildman–Crippen MR) is 57.5 cm³/mol. The van der Waals surface area contributed by atoms with Gasteiger partial charge in [0, 0.05) is 31.6 Å². The lowest BCUT2D eigenvalue weighted by atomic mass is 10.1. The maximum Gasteiger partial charge on any atom is 0.328 e. The number of aromatic nitrogens is 1. The van der Waals surface area contributed by atoms with Gasteiger partial charge in [-0.25, -0.2) is 4.79 Å². The monoisotopic (exact) mass is 206 g/mol. The van der Waals surface area contributed by atoms with Gasteiger partial charge in [-0.2, -0.15) is 0 Å². The second-order valence-electron chi connectivity index (χ2n) is 3.17. The van der Waals surface area contributed by atoms with Crippen molar-refractivity contribution in [2.45, 2.75) is 13.5 Å². The Bertz CT molecular complexity index is 361. The van der Waals surface area contributed by atoms with Crippen LogP contribution in [-0.2, 0) is 11.3 Å². The van der Waals surface area contributed by atoms with Crippen molar-refractivity contribution in [3.05, 3.63) is 41.7 Å². The first kappa shape index (κ1) is 11.4. The van der Waals surface area contributed by atoms with E-state index in [1.807, 2.05) is 19.2 Å². The van der Waals surface area contributed by atoms with E-state index >= 15 is 0 Å². The van der Waals surface area contributed by atoms with Crippen LogP contribution < -0.4 is 5.32 Å². The van der Waals surface area contributed by atoms with Crippen LogP contribution in [0, 0.1) is 6.92 Å². The third-order valence-electron chi connectivity index (χ3n) is 1.99. The lowest BCUT2D eigenvalue weighted by Gasteiger charge is -2.04. The zero-order chi connectivity index (χ0) is 11.1. The maximum atomic E-state index is 10.2. The van der Waals surface area contributed by atoms with Crippen molar-refractivity contribution < 1.29 is 9.90 Å². The molecule has 1 aromatic heterocycles. The molecule has 80 valence electrons. The number of hydrogen-bond acceptors (Lipinski definition) is 3. The molecule has 1 aromatic rings. The van der Waals surface area contributed by atoms with Gasteiger partial charge in [0.1, 0.15) is 0 Å². The third kappa shape index (κ3) is 4.37. The van der Waals surface area contributed by atoms with Gasteiger partial charge in [-0.3, -0.25) is 4.98 Å². The van der Waals surface area contributed by atoms with E-state index in [0.717, 1.165) is 11.6 Å². The smallest absolute Gasteiger partial charge is 0.328 e. The van der Waals surface area contributed by atoms with E-state index in [0.29, 0.717) is 13.1 Å². The number of aryl methyl sites for hydroxylation is 1. The SMILES string of the molecule is Cc1ccncc1CNC/C=C/C(=O)O. The molecule has 0 unspecified atom stereocenters. The Morgan fingerprint density at radius 2 is 2.47 bits per heavy atom. The molecule has 4 heteroatoms. The average molecular weight is 206 g/mol. The highest BCUT2D eigenvalue weighted by Crippen LogP contribution is 2.03. The van der Waals surface area contributed by atoms with Gasteiger partial charge in [0.2, 0.25) is 0 Å². The molecule has 0 amide bonds. The van der Waals surface area contributed by atoms with Gasteiger partial charge in [-0.05, 0) is 24.1 Å². The molecule has 0 saturated carbocycles. The first-order valence-corrected chi connectivity index (χ1v) is 4.70. The first-order valence-electron chi connectivity index (χ1n) is 4.70. The number of carboxylic acid groups (broad SMARTS) is 1. The molecule has 4 nitrogen and oxygen atoms in total. The summed E-state index contributed by atoms with van der Waals surface area (Å²) in [6.45, 7) is 3.26. The van der Waals surface area contributed by atoms with Crippen LogP contribution in [0.15, 0.2) is 30.6 Å². The van der Waals surface area contributed by atoms with Gasteiger partial charge in [0.15, 0.2) is 0 Å². The van der Waals surface area contributed by atoms with E-state index in [9.17, 15) is 4.79 Å². The minimum atomic E-state index is -0.922. The largest absolute Gasteiger partial charge is 0.478 e. The lowest BCUT2D eigenvalue weighted by molar-refractivity contribution is -0.131. The molecule has 1 rings (SSSR count). The fourth-order valence-corrected chi connectivity index (χ4v) is 1.13. The van der Waals surface area contributed by atoms with Gasteiger partial charge < -0.3 is 10.4 Å². The van der Waals surface area contributed by atoms with Gasteiger partial charge in [-0.1, -0.05) is 6.08 Å². The Labute approximate surface area is 88.7 Å². The van der Waals surface area contributed by atoms with Crippen molar-refractivity contribution in [3.8, 4) is 0 Å². The molecule has 0 radical (unpaired) electrons. The van der Waals surface area contributed by atoms with Gasteiger partial charge >= 0.3 is 5.97 Å². The summed E-state index contributed by atoms with van der Waals surface area (Å²) < 4.78 is 0. The van der Waals surface area contributed by atoms with Crippen molar-refractivity contribution in [3.63, 3.8) is 0 Å². The molecule has 2 N–H and O–H groups in total. The summed E-state index contributed by atoms with van der Waals surface area (Å²) in [5.74, 6) is -0.922. The van der Waals surface area contributed by atoms with Crippen molar-refractivity contribution in [1.29, 1.82) is 0 Å². The number of nitrogens with one attached hydrogen (secondary N) is 1. The van der Waals surface area contributed by atoms with E-state index in [1.54, 1.807) is 12.3 Å². The van der Waals surface area contributed by atoms with Crippen LogP contribution in [0.1, 0.15) is 11.1 Å². The molecule has 0 aliphatic rings. The molecular weight excluding hydrogens is 192 g/mol. The summed E-state index contributed by atoms with van der Waals surface area (Å²) in [4.78, 5) is 14.2. The highest BCUT2D eigenvalue weighted by atomic mass is 16.4. The molecule has 0 saturated heterocycles. The number of pyridine rings is 1. The number of aliphatic carboxylic acids is 1. The van der Waals surface area contributed by atoms with Gasteiger partial charge in [0.05, 0.1) is 0 Å². The zero-order valence-corrected chi connectivity index (χ0v) is 8.60. The fraction of sp³-hybridized carbons (Fsp3) is 0.273. The predicted octanol–water partition coefficient (Wildman–Crippen LogP) is 1.12. The third-order valence-corrected chi connectivity index (χ3v) is 1.99. The van der Waals surface area contributed by atoms with E-state index < -0.39 is 5.97 Å². The molecule has 0 atom stereocenters. The van der Waals surface area contributed by atoms with E-state index in [-0.39, 0.29) is 0 Å². The summed E-state index contributed by atoms with van der Waals surface area (Å²) in [7, 11) is 0. The Morgan fingerprint density at radius 3 is 3.13 bits per heavy atom.